The van der Waals surface area contributed by atoms with E-state index in [-0.39, 0.29) is 4.90 Å². The third-order valence-corrected chi connectivity index (χ3v) is 4.54. The van der Waals surface area contributed by atoms with Crippen LogP contribution in [-0.4, -0.2) is 19.8 Å². The number of sulfone groups is 1. The minimum absolute atomic E-state index is 0.146. The van der Waals surface area contributed by atoms with Crippen LogP contribution in [0.5, 0.6) is 0 Å². The van der Waals surface area contributed by atoms with E-state index in [1.165, 1.54) is 12.1 Å². The molecule has 2 rings (SSSR count). The van der Waals surface area contributed by atoms with Crippen LogP contribution >= 0.6 is 23.2 Å². The summed E-state index contributed by atoms with van der Waals surface area (Å²) in [6.07, 6.45) is 0.0769. The van der Waals surface area contributed by atoms with Gasteiger partial charge in [-0.1, -0.05) is 35.3 Å². The van der Waals surface area contributed by atoms with Gasteiger partial charge in [0.25, 0.3) is 0 Å². The lowest BCUT2D eigenvalue weighted by Gasteiger charge is -2.14. The highest BCUT2D eigenvalue weighted by Crippen LogP contribution is 2.31. The molecule has 0 saturated heterocycles. The second kappa shape index (κ2) is 5.74. The van der Waals surface area contributed by atoms with Gasteiger partial charge in [0.2, 0.25) is 0 Å². The molecular weight excluding hydrogens is 319 g/mol. The lowest BCUT2D eigenvalue weighted by molar-refractivity contribution is 0.220. The first-order chi connectivity index (χ1) is 9.29. The molecule has 0 saturated carbocycles. The standard InChI is InChI=1S/C14H12Cl2O3S/c1-20(18,19)11-4-2-3-9(7-11)14(17)12-8-10(15)5-6-13(12)16/h2-8,14,17H,1H3. The van der Waals surface area contributed by atoms with Crippen LogP contribution in [0.15, 0.2) is 47.4 Å². The normalized spacial score (nSPS) is 13.2. The first-order valence-electron chi connectivity index (χ1n) is 5.72. The average Bonchev–Trinajstić information content (AvgIpc) is 2.40. The summed E-state index contributed by atoms with van der Waals surface area (Å²) in [4.78, 5) is 0.146. The van der Waals surface area contributed by atoms with Gasteiger partial charge in [-0.25, -0.2) is 8.42 Å². The highest BCUT2D eigenvalue weighted by atomic mass is 35.5. The third-order valence-electron chi connectivity index (χ3n) is 2.85. The predicted octanol–water partition coefficient (Wildman–Crippen LogP) is 3.48. The Bertz CT molecular complexity index is 742. The van der Waals surface area contributed by atoms with Crippen LogP contribution in [0, 0.1) is 0 Å². The molecule has 0 spiro atoms. The van der Waals surface area contributed by atoms with Crippen LogP contribution in [0.25, 0.3) is 0 Å². The quantitative estimate of drug-likeness (QED) is 0.937. The summed E-state index contributed by atoms with van der Waals surface area (Å²) in [6, 6.07) is 10.9. The second-order valence-corrected chi connectivity index (χ2v) is 7.27. The van der Waals surface area contributed by atoms with E-state index in [1.807, 2.05) is 0 Å². The van der Waals surface area contributed by atoms with Crippen LogP contribution < -0.4 is 0 Å². The minimum Gasteiger partial charge on any atom is -0.384 e. The third kappa shape index (κ3) is 3.33. The smallest absolute Gasteiger partial charge is 0.175 e. The average molecular weight is 331 g/mol. The molecule has 0 radical (unpaired) electrons. The van der Waals surface area contributed by atoms with E-state index >= 15 is 0 Å². The lowest BCUT2D eigenvalue weighted by atomic mass is 10.0. The summed E-state index contributed by atoms with van der Waals surface area (Å²) < 4.78 is 23.1. The van der Waals surface area contributed by atoms with Crippen molar-refractivity contribution in [1.29, 1.82) is 0 Å². The Kier molecular flexibility index (Phi) is 4.39. The van der Waals surface area contributed by atoms with Gasteiger partial charge in [-0.05, 0) is 35.9 Å². The van der Waals surface area contributed by atoms with Crippen molar-refractivity contribution in [1.82, 2.24) is 0 Å². The molecule has 1 atom stereocenters. The van der Waals surface area contributed by atoms with Crippen LogP contribution in [0.3, 0.4) is 0 Å². The Balaban J connectivity index is 2.48. The number of rotatable bonds is 3. The van der Waals surface area contributed by atoms with E-state index in [4.69, 9.17) is 23.2 Å². The molecule has 2 aromatic carbocycles. The van der Waals surface area contributed by atoms with Crippen molar-refractivity contribution in [3.8, 4) is 0 Å². The molecule has 0 fully saturated rings. The zero-order chi connectivity index (χ0) is 14.9. The molecule has 1 unspecified atom stereocenters. The Hall–Kier alpha value is -1.07. The van der Waals surface area contributed by atoms with Gasteiger partial charge in [-0.3, -0.25) is 0 Å². The van der Waals surface area contributed by atoms with E-state index in [9.17, 15) is 13.5 Å². The maximum atomic E-state index is 11.5. The number of halogens is 2. The van der Waals surface area contributed by atoms with Crippen molar-refractivity contribution in [2.24, 2.45) is 0 Å². The molecule has 0 heterocycles. The minimum atomic E-state index is -3.33. The molecule has 106 valence electrons. The van der Waals surface area contributed by atoms with Gasteiger partial charge >= 0.3 is 0 Å². The van der Waals surface area contributed by atoms with Gasteiger partial charge in [0, 0.05) is 21.9 Å². The number of benzene rings is 2. The number of aliphatic hydroxyl groups is 1. The van der Waals surface area contributed by atoms with Crippen LogP contribution in [0.4, 0.5) is 0 Å². The summed E-state index contributed by atoms with van der Waals surface area (Å²) >= 11 is 11.9. The van der Waals surface area contributed by atoms with Crippen molar-refractivity contribution in [3.63, 3.8) is 0 Å². The van der Waals surface area contributed by atoms with Gasteiger partial charge < -0.3 is 5.11 Å². The Morgan fingerprint density at radius 1 is 1.10 bits per heavy atom. The summed E-state index contributed by atoms with van der Waals surface area (Å²) in [5.41, 5.74) is 0.877. The van der Waals surface area contributed by atoms with E-state index in [2.05, 4.69) is 0 Å². The Morgan fingerprint density at radius 3 is 2.45 bits per heavy atom. The molecule has 0 bridgehead atoms. The summed E-state index contributed by atoms with van der Waals surface area (Å²) in [5.74, 6) is 0. The second-order valence-electron chi connectivity index (χ2n) is 4.41. The highest BCUT2D eigenvalue weighted by Gasteiger charge is 2.16. The van der Waals surface area contributed by atoms with Gasteiger partial charge in [0.05, 0.1) is 4.90 Å². The molecule has 0 aliphatic heterocycles. The van der Waals surface area contributed by atoms with Crippen molar-refractivity contribution in [3.05, 3.63) is 63.6 Å². The summed E-state index contributed by atoms with van der Waals surface area (Å²) in [6.45, 7) is 0. The van der Waals surface area contributed by atoms with E-state index in [0.29, 0.717) is 21.2 Å². The Morgan fingerprint density at radius 2 is 1.80 bits per heavy atom. The summed E-state index contributed by atoms with van der Waals surface area (Å²) in [5, 5.41) is 11.2. The predicted molar refractivity (Wildman–Crippen MR) is 80.1 cm³/mol. The fraction of sp³-hybridized carbons (Fsp3) is 0.143. The number of aliphatic hydroxyl groups excluding tert-OH is 1. The fourth-order valence-corrected chi connectivity index (χ4v) is 2.90. The molecule has 0 amide bonds. The monoisotopic (exact) mass is 330 g/mol. The van der Waals surface area contributed by atoms with Gasteiger partial charge in [0.1, 0.15) is 6.10 Å². The molecule has 0 aromatic heterocycles. The molecule has 6 heteroatoms. The van der Waals surface area contributed by atoms with Crippen LogP contribution in [0.1, 0.15) is 17.2 Å². The highest BCUT2D eigenvalue weighted by molar-refractivity contribution is 7.90. The van der Waals surface area contributed by atoms with Crippen molar-refractivity contribution in [2.75, 3.05) is 6.26 Å². The maximum Gasteiger partial charge on any atom is 0.175 e. The topological polar surface area (TPSA) is 54.4 Å². The molecule has 2 aromatic rings. The fourth-order valence-electron chi connectivity index (χ4n) is 1.82. The molecular formula is C14H12Cl2O3S. The van der Waals surface area contributed by atoms with Crippen molar-refractivity contribution in [2.45, 2.75) is 11.0 Å². The molecule has 1 N–H and O–H groups in total. The largest absolute Gasteiger partial charge is 0.384 e. The Labute approximate surface area is 127 Å². The zero-order valence-electron chi connectivity index (χ0n) is 10.5. The maximum absolute atomic E-state index is 11.5. The lowest BCUT2D eigenvalue weighted by Crippen LogP contribution is -2.03. The zero-order valence-corrected chi connectivity index (χ0v) is 12.9. The van der Waals surface area contributed by atoms with E-state index < -0.39 is 15.9 Å². The summed E-state index contributed by atoms with van der Waals surface area (Å²) in [7, 11) is -3.33. The molecule has 20 heavy (non-hydrogen) atoms. The molecule has 0 aliphatic carbocycles. The SMILES string of the molecule is CS(=O)(=O)c1cccc(C(O)c2cc(Cl)ccc2Cl)c1. The number of hydrogen-bond donors (Lipinski definition) is 1. The van der Waals surface area contributed by atoms with Crippen molar-refractivity contribution < 1.29 is 13.5 Å². The van der Waals surface area contributed by atoms with Gasteiger partial charge in [0.15, 0.2) is 9.84 Å². The van der Waals surface area contributed by atoms with Gasteiger partial charge in [-0.2, -0.15) is 0 Å². The molecule has 0 aliphatic rings. The van der Waals surface area contributed by atoms with E-state index in [1.54, 1.807) is 30.3 Å². The van der Waals surface area contributed by atoms with E-state index in [0.717, 1.165) is 6.26 Å². The van der Waals surface area contributed by atoms with Crippen LogP contribution in [0.2, 0.25) is 10.0 Å². The van der Waals surface area contributed by atoms with Gasteiger partial charge in [-0.15, -0.1) is 0 Å². The van der Waals surface area contributed by atoms with Crippen molar-refractivity contribution >= 4 is 33.0 Å². The first kappa shape index (κ1) is 15.3. The molecule has 3 nitrogen and oxygen atoms in total. The number of hydrogen-bond acceptors (Lipinski definition) is 3. The first-order valence-corrected chi connectivity index (χ1v) is 8.37. The van der Waals surface area contributed by atoms with Crippen LogP contribution in [-0.2, 0) is 9.84 Å².